The Morgan fingerprint density at radius 1 is 1.19 bits per heavy atom. The van der Waals surface area contributed by atoms with E-state index in [1.54, 1.807) is 0 Å². The zero-order valence-electron chi connectivity index (χ0n) is 7.95. The summed E-state index contributed by atoms with van der Waals surface area (Å²) in [5.41, 5.74) is 0. The summed E-state index contributed by atoms with van der Waals surface area (Å²) in [4.78, 5) is 21.3. The van der Waals surface area contributed by atoms with Crippen LogP contribution in [-0.2, 0) is 9.59 Å². The maximum absolute atomic E-state index is 12.5. The Morgan fingerprint density at radius 3 is 1.88 bits per heavy atom. The minimum Gasteiger partial charge on any atom is -0.276 e. The smallest absolute Gasteiger partial charge is 0.276 e. The highest BCUT2D eigenvalue weighted by Gasteiger charge is 2.65. The van der Waals surface area contributed by atoms with E-state index in [1.165, 1.54) is 0 Å². The molecule has 0 aliphatic heterocycles. The average Bonchev–Trinajstić information content (AvgIpc) is 2.10. The number of hydrogen-bond acceptors (Lipinski definition) is 2. The highest BCUT2D eigenvalue weighted by atomic mass is 35.5. The standard InChI is InChI=1S/C7H7ClF5NO2/c1-4(15)14(3-2-8)5(16)6(9,10)7(11,12)13/h2-3H2,1H3. The van der Waals surface area contributed by atoms with Crippen LogP contribution in [-0.4, -0.2) is 41.2 Å². The first-order valence-corrected chi connectivity index (χ1v) is 4.42. The molecule has 94 valence electrons. The van der Waals surface area contributed by atoms with Gasteiger partial charge in [-0.3, -0.25) is 14.5 Å². The van der Waals surface area contributed by atoms with Crippen LogP contribution < -0.4 is 0 Å². The van der Waals surface area contributed by atoms with E-state index in [-0.39, 0.29) is 4.90 Å². The first-order valence-electron chi connectivity index (χ1n) is 3.88. The third-order valence-electron chi connectivity index (χ3n) is 1.56. The molecule has 0 radical (unpaired) electrons. The minimum atomic E-state index is -6.04. The predicted molar refractivity (Wildman–Crippen MR) is 44.1 cm³/mol. The molecule has 0 unspecified atom stereocenters. The molecule has 0 saturated carbocycles. The molecule has 3 nitrogen and oxygen atoms in total. The third-order valence-corrected chi connectivity index (χ3v) is 1.73. The molecule has 0 aliphatic carbocycles. The van der Waals surface area contributed by atoms with Crippen LogP contribution in [0.4, 0.5) is 22.0 Å². The summed E-state index contributed by atoms with van der Waals surface area (Å²) in [5, 5.41) is 0. The van der Waals surface area contributed by atoms with Gasteiger partial charge >= 0.3 is 18.0 Å². The van der Waals surface area contributed by atoms with Crippen LogP contribution in [0.1, 0.15) is 6.92 Å². The lowest BCUT2D eigenvalue weighted by molar-refractivity contribution is -0.273. The Morgan fingerprint density at radius 2 is 1.62 bits per heavy atom. The first kappa shape index (κ1) is 15.1. The van der Waals surface area contributed by atoms with Crippen molar-refractivity contribution >= 4 is 23.4 Å². The number of halogens is 6. The number of nitrogens with zero attached hydrogens (tertiary/aromatic N) is 1. The Bertz CT molecular complexity index is 291. The van der Waals surface area contributed by atoms with Gasteiger partial charge in [0.1, 0.15) is 0 Å². The second-order valence-corrected chi connectivity index (χ2v) is 3.11. The lowest BCUT2D eigenvalue weighted by Gasteiger charge is -2.25. The van der Waals surface area contributed by atoms with Crippen molar-refractivity contribution in [3.63, 3.8) is 0 Å². The fourth-order valence-corrected chi connectivity index (χ4v) is 0.946. The number of carbonyl (C=O) groups is 2. The zero-order chi connectivity index (χ0) is 13.1. The summed E-state index contributed by atoms with van der Waals surface area (Å²) < 4.78 is 60.5. The molecule has 9 heteroatoms. The molecule has 0 bridgehead atoms. The van der Waals surface area contributed by atoms with Crippen molar-refractivity contribution in [3.8, 4) is 0 Å². The molecule has 0 heterocycles. The van der Waals surface area contributed by atoms with Gasteiger partial charge in [0.25, 0.3) is 0 Å². The van der Waals surface area contributed by atoms with Crippen molar-refractivity contribution in [3.05, 3.63) is 0 Å². The van der Waals surface area contributed by atoms with Gasteiger partial charge in [-0.05, 0) is 0 Å². The van der Waals surface area contributed by atoms with E-state index >= 15 is 0 Å². The zero-order valence-corrected chi connectivity index (χ0v) is 8.70. The van der Waals surface area contributed by atoms with Gasteiger partial charge in [0.2, 0.25) is 5.91 Å². The molecule has 0 atom stereocenters. The van der Waals surface area contributed by atoms with Crippen LogP contribution in [0.15, 0.2) is 0 Å². The van der Waals surface area contributed by atoms with Crippen molar-refractivity contribution in [2.75, 3.05) is 12.4 Å². The SMILES string of the molecule is CC(=O)N(CCCl)C(=O)C(F)(F)C(F)(F)F. The molecule has 0 N–H and O–H groups in total. The molecule has 0 fully saturated rings. The predicted octanol–water partition coefficient (Wildman–Crippen LogP) is 1.80. The normalized spacial score (nSPS) is 12.4. The van der Waals surface area contributed by atoms with E-state index in [4.69, 9.17) is 11.6 Å². The summed E-state index contributed by atoms with van der Waals surface area (Å²) >= 11 is 5.08. The van der Waals surface area contributed by atoms with Crippen molar-refractivity contribution in [2.24, 2.45) is 0 Å². The van der Waals surface area contributed by atoms with Crippen LogP contribution in [0.25, 0.3) is 0 Å². The largest absolute Gasteiger partial charge is 0.463 e. The fraction of sp³-hybridized carbons (Fsp3) is 0.714. The average molecular weight is 268 g/mol. The second-order valence-electron chi connectivity index (χ2n) is 2.74. The lowest BCUT2D eigenvalue weighted by Crippen LogP contribution is -2.53. The molecule has 0 saturated heterocycles. The molecule has 0 aromatic heterocycles. The Kier molecular flexibility index (Phi) is 4.66. The quantitative estimate of drug-likeness (QED) is 0.578. The highest BCUT2D eigenvalue weighted by Crippen LogP contribution is 2.36. The maximum Gasteiger partial charge on any atom is 0.463 e. The van der Waals surface area contributed by atoms with Crippen molar-refractivity contribution in [1.29, 1.82) is 0 Å². The molecule has 0 aliphatic rings. The Hall–Kier alpha value is -0.920. The fourth-order valence-electron chi connectivity index (χ4n) is 0.777. The number of carbonyl (C=O) groups excluding carboxylic acids is 2. The van der Waals surface area contributed by atoms with Gasteiger partial charge in [-0.15, -0.1) is 11.6 Å². The van der Waals surface area contributed by atoms with E-state index < -0.39 is 36.3 Å². The van der Waals surface area contributed by atoms with Crippen LogP contribution in [0.5, 0.6) is 0 Å². The Balaban J connectivity index is 5.08. The van der Waals surface area contributed by atoms with Crippen LogP contribution in [0.3, 0.4) is 0 Å². The van der Waals surface area contributed by atoms with Crippen LogP contribution >= 0.6 is 11.6 Å². The van der Waals surface area contributed by atoms with Gasteiger partial charge in [-0.25, -0.2) is 0 Å². The van der Waals surface area contributed by atoms with Crippen LogP contribution in [0.2, 0.25) is 0 Å². The molecule has 2 amide bonds. The van der Waals surface area contributed by atoms with Gasteiger partial charge in [0.15, 0.2) is 0 Å². The number of imide groups is 1. The summed E-state index contributed by atoms with van der Waals surface area (Å²) in [5.74, 6) is -9.87. The summed E-state index contributed by atoms with van der Waals surface area (Å²) in [6.45, 7) is -0.0156. The van der Waals surface area contributed by atoms with Gasteiger partial charge in [-0.2, -0.15) is 22.0 Å². The van der Waals surface area contributed by atoms with E-state index in [9.17, 15) is 31.5 Å². The molecular weight excluding hydrogens is 261 g/mol. The lowest BCUT2D eigenvalue weighted by atomic mass is 10.2. The van der Waals surface area contributed by atoms with Gasteiger partial charge < -0.3 is 0 Å². The summed E-state index contributed by atoms with van der Waals surface area (Å²) in [6, 6.07) is 0. The molecule has 0 rings (SSSR count). The van der Waals surface area contributed by atoms with Crippen molar-refractivity contribution < 1.29 is 31.5 Å². The van der Waals surface area contributed by atoms with E-state index in [2.05, 4.69) is 0 Å². The minimum absolute atomic E-state index is 0.236. The second kappa shape index (κ2) is 4.94. The number of rotatable bonds is 3. The summed E-state index contributed by atoms with van der Waals surface area (Å²) in [7, 11) is 0. The van der Waals surface area contributed by atoms with E-state index in [0.29, 0.717) is 6.92 Å². The highest BCUT2D eigenvalue weighted by molar-refractivity contribution is 6.18. The Labute approximate surface area is 92.1 Å². The molecule has 16 heavy (non-hydrogen) atoms. The molecule has 0 aromatic rings. The summed E-state index contributed by atoms with van der Waals surface area (Å²) in [6.07, 6.45) is -6.04. The number of alkyl halides is 6. The van der Waals surface area contributed by atoms with Gasteiger partial charge in [-0.1, -0.05) is 0 Å². The van der Waals surface area contributed by atoms with Gasteiger partial charge in [0, 0.05) is 19.3 Å². The number of hydrogen-bond donors (Lipinski definition) is 0. The van der Waals surface area contributed by atoms with Gasteiger partial charge in [0.05, 0.1) is 0 Å². The number of amides is 2. The first-order chi connectivity index (χ1) is 7.05. The monoisotopic (exact) mass is 267 g/mol. The third kappa shape index (κ3) is 3.03. The molecule has 0 spiro atoms. The van der Waals surface area contributed by atoms with E-state index in [0.717, 1.165) is 0 Å². The molecule has 0 aromatic carbocycles. The molecular formula is C7H7ClF5NO2. The topological polar surface area (TPSA) is 37.4 Å². The van der Waals surface area contributed by atoms with Crippen molar-refractivity contribution in [2.45, 2.75) is 19.0 Å². The van der Waals surface area contributed by atoms with Crippen molar-refractivity contribution in [1.82, 2.24) is 4.90 Å². The maximum atomic E-state index is 12.5. The van der Waals surface area contributed by atoms with E-state index in [1.807, 2.05) is 0 Å². The van der Waals surface area contributed by atoms with Crippen LogP contribution in [0, 0.1) is 0 Å².